The second-order valence-electron chi connectivity index (χ2n) is 26.5. The summed E-state index contributed by atoms with van der Waals surface area (Å²) >= 11 is 0. The van der Waals surface area contributed by atoms with Crippen molar-refractivity contribution in [2.24, 2.45) is 79.3 Å². The van der Waals surface area contributed by atoms with Crippen molar-refractivity contribution in [2.75, 3.05) is 26.2 Å². The van der Waals surface area contributed by atoms with Crippen LogP contribution in [-0.2, 0) is 20.9 Å². The minimum atomic E-state index is -0.949. The third-order valence-electron chi connectivity index (χ3n) is 23.2. The molecule has 8 fully saturated rings. The van der Waals surface area contributed by atoms with Crippen LogP contribution in [-0.4, -0.2) is 85.0 Å². The first-order chi connectivity index (χ1) is 31.6. The van der Waals surface area contributed by atoms with E-state index in [1.807, 2.05) is 26.2 Å². The number of aliphatic carboxylic acids is 1. The SMILES string of the molecule is CC(C)[C@@H]1CCC2(C(=O)N3CCC[C@H]3c3nc(-c4ccncc4)cn3CCN3CCCC3)CC[C@]3(C)C(C)(CC[C@H]4C3(C)CC[C@H]3C(C)(C)[C@@H](OC(O)C5CC(C(=O)O)C5(C)C)CC[C@@]34C)[C@@H]12. The van der Waals surface area contributed by atoms with E-state index in [-0.39, 0.29) is 50.6 Å². The molecule has 10 rings (SSSR count). The number of pyridine rings is 1. The minimum absolute atomic E-state index is 0.00942. The molecule has 370 valence electrons. The van der Waals surface area contributed by atoms with Crippen molar-refractivity contribution in [3.8, 4) is 11.3 Å². The van der Waals surface area contributed by atoms with Crippen LogP contribution in [0.4, 0.5) is 0 Å². The summed E-state index contributed by atoms with van der Waals surface area (Å²) in [5.74, 6) is 2.55. The number of likely N-dealkylation sites (tertiary alicyclic amines) is 2. The molecule has 67 heavy (non-hydrogen) atoms. The van der Waals surface area contributed by atoms with E-state index in [4.69, 9.17) is 9.72 Å². The smallest absolute Gasteiger partial charge is 0.307 e. The third kappa shape index (κ3) is 6.97. The Balaban J connectivity index is 0.928. The van der Waals surface area contributed by atoms with Crippen LogP contribution < -0.4 is 0 Å². The number of ether oxygens (including phenoxy) is 1. The van der Waals surface area contributed by atoms with Crippen molar-refractivity contribution in [3.63, 3.8) is 0 Å². The maximum Gasteiger partial charge on any atom is 0.307 e. The van der Waals surface area contributed by atoms with Gasteiger partial charge in [0.25, 0.3) is 0 Å². The van der Waals surface area contributed by atoms with Gasteiger partial charge < -0.3 is 29.3 Å². The highest BCUT2D eigenvalue weighted by molar-refractivity contribution is 5.85. The van der Waals surface area contributed by atoms with Gasteiger partial charge in [-0.05, 0) is 184 Å². The van der Waals surface area contributed by atoms with E-state index < -0.39 is 23.6 Å². The molecule has 6 aliphatic carbocycles. The largest absolute Gasteiger partial charge is 0.481 e. The average Bonchev–Trinajstić information content (AvgIpc) is 4.11. The van der Waals surface area contributed by atoms with Crippen LogP contribution in [0.3, 0.4) is 0 Å². The molecule has 6 unspecified atom stereocenters. The molecule has 6 saturated carbocycles. The van der Waals surface area contributed by atoms with E-state index in [2.05, 4.69) is 93.1 Å². The van der Waals surface area contributed by atoms with Gasteiger partial charge >= 0.3 is 5.97 Å². The Kier molecular flexibility index (Phi) is 11.9. The van der Waals surface area contributed by atoms with Crippen molar-refractivity contribution in [1.82, 2.24) is 24.3 Å². The molecule has 0 radical (unpaired) electrons. The number of hydrogen-bond donors (Lipinski definition) is 2. The molecular weight excluding hydrogens is 835 g/mol. The van der Waals surface area contributed by atoms with Gasteiger partial charge in [0.05, 0.1) is 29.2 Å². The molecule has 2 aromatic rings. The van der Waals surface area contributed by atoms with Gasteiger partial charge in [-0.3, -0.25) is 14.6 Å². The van der Waals surface area contributed by atoms with Gasteiger partial charge in [-0.1, -0.05) is 69.2 Å². The van der Waals surface area contributed by atoms with E-state index in [0.717, 1.165) is 94.5 Å². The summed E-state index contributed by atoms with van der Waals surface area (Å²) in [6.07, 6.45) is 20.9. The number of carbonyl (C=O) groups excluding carboxylic acids is 1. The van der Waals surface area contributed by atoms with Gasteiger partial charge in [0, 0.05) is 49.7 Å². The van der Waals surface area contributed by atoms with Gasteiger partial charge in [-0.25, -0.2) is 4.98 Å². The lowest BCUT2D eigenvalue weighted by molar-refractivity contribution is -0.297. The van der Waals surface area contributed by atoms with Gasteiger partial charge in [0.15, 0.2) is 6.29 Å². The molecular formula is C57H87N5O5. The van der Waals surface area contributed by atoms with E-state index in [1.54, 1.807) is 0 Å². The van der Waals surface area contributed by atoms with Crippen molar-refractivity contribution < 1.29 is 24.5 Å². The highest BCUT2D eigenvalue weighted by atomic mass is 16.6. The maximum atomic E-state index is 16.2. The predicted molar refractivity (Wildman–Crippen MR) is 262 cm³/mol. The van der Waals surface area contributed by atoms with E-state index in [1.165, 1.54) is 45.2 Å². The lowest BCUT2D eigenvalue weighted by atomic mass is 9.28. The molecule has 2 N–H and O–H groups in total. The van der Waals surface area contributed by atoms with Gasteiger partial charge in [-0.2, -0.15) is 0 Å². The van der Waals surface area contributed by atoms with E-state index >= 15 is 4.79 Å². The number of fused-ring (bicyclic) bond motifs is 7. The number of carbonyl (C=O) groups is 2. The monoisotopic (exact) mass is 922 g/mol. The molecule has 8 aliphatic rings. The summed E-state index contributed by atoms with van der Waals surface area (Å²) in [5, 5.41) is 21.4. The number of carboxylic acids is 1. The number of aliphatic hydroxyl groups excluding tert-OH is 1. The van der Waals surface area contributed by atoms with Crippen LogP contribution in [0.15, 0.2) is 30.7 Å². The molecule has 10 nitrogen and oxygen atoms in total. The fourth-order valence-electron chi connectivity index (χ4n) is 19.1. The Hall–Kier alpha value is -2.82. The molecule has 0 bridgehead atoms. The predicted octanol–water partition coefficient (Wildman–Crippen LogP) is 11.3. The number of aromatic nitrogens is 3. The Bertz CT molecular complexity index is 2180. The number of aliphatic hydroxyl groups is 1. The summed E-state index contributed by atoms with van der Waals surface area (Å²) < 4.78 is 9.14. The quantitative estimate of drug-likeness (QED) is 0.214. The number of hydrogen-bond acceptors (Lipinski definition) is 7. The van der Waals surface area contributed by atoms with Crippen molar-refractivity contribution in [3.05, 3.63) is 36.5 Å². The zero-order chi connectivity index (χ0) is 47.7. The molecule has 2 aliphatic heterocycles. The number of imidazole rings is 1. The Morgan fingerprint density at radius 3 is 2.18 bits per heavy atom. The molecule has 1 amide bonds. The number of rotatable bonds is 11. The summed E-state index contributed by atoms with van der Waals surface area (Å²) in [5.41, 5.74) is 1.48. The zero-order valence-corrected chi connectivity index (χ0v) is 43.2. The third-order valence-corrected chi connectivity index (χ3v) is 23.2. The Labute approximate surface area is 403 Å². The summed E-state index contributed by atoms with van der Waals surface area (Å²) in [6, 6.07) is 4.12. The van der Waals surface area contributed by atoms with E-state index in [9.17, 15) is 15.0 Å². The van der Waals surface area contributed by atoms with Crippen molar-refractivity contribution >= 4 is 11.9 Å². The zero-order valence-electron chi connectivity index (χ0n) is 43.2. The first-order valence-electron chi connectivity index (χ1n) is 27.2. The van der Waals surface area contributed by atoms with E-state index in [0.29, 0.717) is 41.9 Å². The van der Waals surface area contributed by atoms with Crippen LogP contribution in [0.25, 0.3) is 11.3 Å². The van der Waals surface area contributed by atoms with Gasteiger partial charge in [0.1, 0.15) is 5.82 Å². The fourth-order valence-corrected chi connectivity index (χ4v) is 19.1. The first kappa shape index (κ1) is 47.8. The minimum Gasteiger partial charge on any atom is -0.481 e. The summed E-state index contributed by atoms with van der Waals surface area (Å²) in [7, 11) is 0. The highest BCUT2D eigenvalue weighted by Gasteiger charge is 2.76. The van der Waals surface area contributed by atoms with Crippen LogP contribution >= 0.6 is 0 Å². The summed E-state index contributed by atoms with van der Waals surface area (Å²) in [4.78, 5) is 42.8. The normalized spacial score (nSPS) is 42.7. The highest BCUT2D eigenvalue weighted by Crippen LogP contribution is 2.81. The first-order valence-corrected chi connectivity index (χ1v) is 27.2. The van der Waals surface area contributed by atoms with Crippen LogP contribution in [0.1, 0.15) is 177 Å². The molecule has 2 saturated heterocycles. The standard InChI is InChI=1S/C57H87N5O5/c1-36(2)38-15-24-57(50(66)62-31-13-14-42(62)47-59-41(37-19-27-58-28-20-37)35-61(47)33-32-60-29-11-12-30-60)26-25-56(10)54(8)22-16-43-52(5,6)45(67-49(65)40-34-39(48(63)64)51(40,3)4)18-21-53(43,7)44(54)17-23-55(56,9)46(38)57/h19-20,27-28,35-36,38-40,42-46,49,65H,11-18,21-26,29-34H2,1-10H3,(H,63,64)/t38-,39?,40?,42-,43-,44+,45-,46+,49?,53-,54?,55?,56-,57?/m0/s1. The second-order valence-corrected chi connectivity index (χ2v) is 26.5. The molecule has 0 spiro atoms. The fraction of sp³-hybridized carbons (Fsp3) is 0.825. The second kappa shape index (κ2) is 16.6. The number of nitrogens with zero attached hydrogens (tertiary/aromatic N) is 5. The van der Waals surface area contributed by atoms with Crippen LogP contribution in [0, 0.1) is 79.3 Å². The maximum absolute atomic E-state index is 16.2. The molecule has 2 aromatic heterocycles. The molecule has 10 heteroatoms. The van der Waals surface area contributed by atoms with Crippen molar-refractivity contribution in [2.45, 2.75) is 191 Å². The van der Waals surface area contributed by atoms with Crippen molar-refractivity contribution in [1.29, 1.82) is 0 Å². The van der Waals surface area contributed by atoms with Crippen LogP contribution in [0.2, 0.25) is 0 Å². The number of amides is 1. The van der Waals surface area contributed by atoms with Gasteiger partial charge in [0.2, 0.25) is 5.91 Å². The molecule has 4 heterocycles. The molecule has 0 aromatic carbocycles. The van der Waals surface area contributed by atoms with Gasteiger partial charge in [-0.15, -0.1) is 0 Å². The van der Waals surface area contributed by atoms with Crippen LogP contribution in [0.5, 0.6) is 0 Å². The number of carboxylic acid groups (broad SMARTS) is 1. The Morgan fingerprint density at radius 2 is 1.49 bits per heavy atom. The average molecular weight is 922 g/mol. The topological polar surface area (TPSA) is 121 Å². The molecule has 14 atom stereocenters. The summed E-state index contributed by atoms with van der Waals surface area (Å²) in [6.45, 7) is 29.5. The lowest BCUT2D eigenvalue weighted by Crippen LogP contribution is -2.71. The Morgan fingerprint density at radius 1 is 0.791 bits per heavy atom. The lowest BCUT2D eigenvalue weighted by Gasteiger charge is -2.76.